The summed E-state index contributed by atoms with van der Waals surface area (Å²) in [4.78, 5) is 21.2. The molecule has 6 nitrogen and oxygen atoms in total. The zero-order chi connectivity index (χ0) is 25.8. The Balaban J connectivity index is 1.51. The molecule has 1 aromatic heterocycles. The maximum absolute atomic E-state index is 14.3. The lowest BCUT2D eigenvalue weighted by atomic mass is 9.87. The number of para-hydroxylation sites is 1. The Hall–Kier alpha value is -3.58. The number of anilines is 3. The van der Waals surface area contributed by atoms with Crippen LogP contribution in [0, 0.1) is 5.82 Å². The van der Waals surface area contributed by atoms with Gasteiger partial charge in [-0.3, -0.25) is 4.79 Å². The van der Waals surface area contributed by atoms with E-state index in [2.05, 4.69) is 41.4 Å². The molecule has 1 amide bonds. The largest absolute Gasteiger partial charge is 0.486 e. The van der Waals surface area contributed by atoms with Crippen molar-refractivity contribution in [2.24, 2.45) is 0 Å². The summed E-state index contributed by atoms with van der Waals surface area (Å²) in [5, 5.41) is 6.16. The monoisotopic (exact) mass is 506 g/mol. The van der Waals surface area contributed by atoms with E-state index in [4.69, 9.17) is 16.3 Å². The normalized spacial score (nSPS) is 14.4. The first-order valence-electron chi connectivity index (χ1n) is 11.8. The Kier molecular flexibility index (Phi) is 5.71. The van der Waals surface area contributed by atoms with Gasteiger partial charge in [-0.15, -0.1) is 0 Å². The number of aromatic nitrogens is 2. The molecule has 36 heavy (non-hydrogen) atoms. The van der Waals surface area contributed by atoms with E-state index < -0.39 is 11.4 Å². The van der Waals surface area contributed by atoms with E-state index in [1.54, 1.807) is 12.1 Å². The smallest absolute Gasteiger partial charge is 0.259 e. The molecule has 8 heteroatoms. The van der Waals surface area contributed by atoms with Crippen molar-refractivity contribution in [3.8, 4) is 5.75 Å². The zero-order valence-electron chi connectivity index (χ0n) is 20.8. The summed E-state index contributed by atoms with van der Waals surface area (Å²) >= 11 is 6.17. The Bertz CT molecular complexity index is 1470. The summed E-state index contributed by atoms with van der Waals surface area (Å²) in [6.45, 7) is 10.4. The number of amides is 1. The second-order valence-corrected chi connectivity index (χ2v) is 11.2. The molecule has 2 heterocycles. The first-order valence-corrected chi connectivity index (χ1v) is 12.2. The van der Waals surface area contributed by atoms with Gasteiger partial charge in [-0.25, -0.2) is 9.37 Å². The number of benzene rings is 3. The van der Waals surface area contributed by atoms with Gasteiger partial charge >= 0.3 is 0 Å². The average molecular weight is 507 g/mol. The van der Waals surface area contributed by atoms with Gasteiger partial charge in [-0.2, -0.15) is 0 Å². The van der Waals surface area contributed by atoms with Crippen LogP contribution in [-0.4, -0.2) is 21.5 Å². The quantitative estimate of drug-likeness (QED) is 0.270. The SMILES string of the molecule is CC1(C)Cc2c(c(C(=O)Nc3ccc(C(C)(C)C)cc3)cc3[nH]c(Nc4c(F)cccc4Cl)nc23)O1. The topological polar surface area (TPSA) is 79.0 Å². The predicted octanol–water partition coefficient (Wildman–Crippen LogP) is 7.36. The second kappa shape index (κ2) is 8.52. The minimum absolute atomic E-state index is 0.0209. The van der Waals surface area contributed by atoms with Crippen molar-refractivity contribution in [3.63, 3.8) is 0 Å². The Labute approximate surface area is 214 Å². The van der Waals surface area contributed by atoms with E-state index in [9.17, 15) is 9.18 Å². The molecule has 0 fully saturated rings. The number of hydrogen-bond acceptors (Lipinski definition) is 4. The van der Waals surface area contributed by atoms with Gasteiger partial charge in [0.05, 0.1) is 27.3 Å². The van der Waals surface area contributed by atoms with Gasteiger partial charge in [-0.05, 0) is 55.2 Å². The van der Waals surface area contributed by atoms with Crippen molar-refractivity contribution in [2.45, 2.75) is 52.1 Å². The average Bonchev–Trinajstić information content (AvgIpc) is 3.34. The van der Waals surface area contributed by atoms with E-state index in [1.807, 2.05) is 38.1 Å². The van der Waals surface area contributed by atoms with Crippen LogP contribution in [0.5, 0.6) is 5.75 Å². The van der Waals surface area contributed by atoms with Crippen molar-refractivity contribution in [3.05, 3.63) is 76.1 Å². The molecule has 0 spiro atoms. The van der Waals surface area contributed by atoms with E-state index in [0.29, 0.717) is 40.4 Å². The lowest BCUT2D eigenvalue weighted by molar-refractivity contribution is 0.101. The molecule has 0 atom stereocenters. The van der Waals surface area contributed by atoms with Crippen molar-refractivity contribution >= 4 is 45.9 Å². The summed E-state index contributed by atoms with van der Waals surface area (Å²) in [6, 6.07) is 14.0. The van der Waals surface area contributed by atoms with E-state index in [1.165, 1.54) is 17.7 Å². The van der Waals surface area contributed by atoms with Gasteiger partial charge in [-0.1, -0.05) is 50.6 Å². The molecule has 3 N–H and O–H groups in total. The molecule has 0 saturated heterocycles. The van der Waals surface area contributed by atoms with Gasteiger partial charge in [0.25, 0.3) is 5.91 Å². The third-order valence-corrected chi connectivity index (χ3v) is 6.58. The number of carbonyl (C=O) groups is 1. The molecule has 0 aliphatic carbocycles. The molecule has 3 aromatic carbocycles. The molecule has 186 valence electrons. The fourth-order valence-electron chi connectivity index (χ4n) is 4.44. The third-order valence-electron chi connectivity index (χ3n) is 6.27. The highest BCUT2D eigenvalue weighted by molar-refractivity contribution is 6.33. The summed E-state index contributed by atoms with van der Waals surface area (Å²) in [7, 11) is 0. The minimum Gasteiger partial charge on any atom is -0.486 e. The van der Waals surface area contributed by atoms with Crippen LogP contribution in [0.4, 0.5) is 21.7 Å². The molecule has 4 aromatic rings. The van der Waals surface area contributed by atoms with Crippen LogP contribution >= 0.6 is 11.6 Å². The highest BCUT2D eigenvalue weighted by Gasteiger charge is 2.36. The predicted molar refractivity (Wildman–Crippen MR) is 142 cm³/mol. The number of halogens is 2. The number of rotatable bonds is 4. The molecule has 1 aliphatic heterocycles. The molecular weight excluding hydrogens is 479 g/mol. The Morgan fingerprint density at radius 1 is 1.17 bits per heavy atom. The summed E-state index contributed by atoms with van der Waals surface area (Å²) < 4.78 is 20.5. The van der Waals surface area contributed by atoms with E-state index in [0.717, 1.165) is 5.56 Å². The van der Waals surface area contributed by atoms with Crippen LogP contribution < -0.4 is 15.4 Å². The van der Waals surface area contributed by atoms with Gasteiger partial charge in [0.15, 0.2) is 0 Å². The number of nitrogens with one attached hydrogen (secondary N) is 3. The summed E-state index contributed by atoms with van der Waals surface area (Å²) in [5.74, 6) is 0.0586. The molecule has 0 unspecified atom stereocenters. The van der Waals surface area contributed by atoms with Gasteiger partial charge < -0.3 is 20.4 Å². The number of ether oxygens (including phenoxy) is 1. The van der Waals surface area contributed by atoms with E-state index >= 15 is 0 Å². The minimum atomic E-state index is -0.499. The van der Waals surface area contributed by atoms with Gasteiger partial charge in [0.1, 0.15) is 17.2 Å². The lowest BCUT2D eigenvalue weighted by Gasteiger charge is -2.19. The molecule has 5 rings (SSSR count). The highest BCUT2D eigenvalue weighted by Crippen LogP contribution is 2.42. The molecular formula is C28H28ClFN4O2. The van der Waals surface area contributed by atoms with Crippen molar-refractivity contribution in [1.29, 1.82) is 0 Å². The van der Waals surface area contributed by atoms with Crippen molar-refractivity contribution in [1.82, 2.24) is 9.97 Å². The van der Waals surface area contributed by atoms with Crippen molar-refractivity contribution < 1.29 is 13.9 Å². The standard InChI is InChI=1S/C28H28ClFN4O2/c1-27(2,3)15-9-11-16(12-10-15)31-25(35)17-13-21-22(18-14-28(4,5)36-24(17)18)33-26(32-21)34-23-19(29)7-6-8-20(23)30/h6-13H,14H2,1-5H3,(H,31,35)(H2,32,33,34). The van der Waals surface area contributed by atoms with Crippen LogP contribution in [0.15, 0.2) is 48.5 Å². The van der Waals surface area contributed by atoms with Crippen LogP contribution in [0.25, 0.3) is 11.0 Å². The maximum Gasteiger partial charge on any atom is 0.259 e. The van der Waals surface area contributed by atoms with Crippen LogP contribution in [-0.2, 0) is 11.8 Å². The molecule has 0 saturated carbocycles. The van der Waals surface area contributed by atoms with Crippen LogP contribution in [0.1, 0.15) is 56.1 Å². The van der Waals surface area contributed by atoms with Crippen LogP contribution in [0.3, 0.4) is 0 Å². The number of nitrogens with zero attached hydrogens (tertiary/aromatic N) is 1. The van der Waals surface area contributed by atoms with E-state index in [-0.39, 0.29) is 22.0 Å². The molecule has 0 radical (unpaired) electrons. The Morgan fingerprint density at radius 2 is 1.89 bits per heavy atom. The summed E-state index contributed by atoms with van der Waals surface area (Å²) in [6.07, 6.45) is 0.574. The van der Waals surface area contributed by atoms with Gasteiger partial charge in [0.2, 0.25) is 5.95 Å². The fourth-order valence-corrected chi connectivity index (χ4v) is 4.65. The summed E-state index contributed by atoms with van der Waals surface area (Å²) in [5.41, 5.74) is 4.06. The first kappa shape index (κ1) is 24.1. The number of aromatic amines is 1. The second-order valence-electron chi connectivity index (χ2n) is 10.8. The van der Waals surface area contributed by atoms with Crippen LogP contribution in [0.2, 0.25) is 5.02 Å². The Morgan fingerprint density at radius 3 is 2.56 bits per heavy atom. The molecule has 1 aliphatic rings. The first-order chi connectivity index (χ1) is 16.9. The number of fused-ring (bicyclic) bond motifs is 3. The maximum atomic E-state index is 14.3. The fraction of sp³-hybridized carbons (Fsp3) is 0.286. The third kappa shape index (κ3) is 4.51. The number of imidazole rings is 1. The lowest BCUT2D eigenvalue weighted by Crippen LogP contribution is -2.25. The number of carbonyl (C=O) groups excluding carboxylic acids is 1. The van der Waals surface area contributed by atoms with Gasteiger partial charge in [0, 0.05) is 17.7 Å². The zero-order valence-corrected chi connectivity index (χ0v) is 21.6. The van der Waals surface area contributed by atoms with Crippen molar-refractivity contribution in [2.75, 3.05) is 10.6 Å². The highest BCUT2D eigenvalue weighted by atomic mass is 35.5. The molecule has 0 bridgehead atoms. The number of H-pyrrole nitrogens is 1. The number of hydrogen-bond donors (Lipinski definition) is 3.